The zero-order chi connectivity index (χ0) is 14.3. The van der Waals surface area contributed by atoms with Gasteiger partial charge in [0.25, 0.3) is 0 Å². The summed E-state index contributed by atoms with van der Waals surface area (Å²) >= 11 is 6.06. The first-order chi connectivity index (χ1) is 9.58. The highest BCUT2D eigenvalue weighted by Crippen LogP contribution is 2.51. The maximum atomic E-state index is 13.9. The number of nitrogens with two attached hydrogens (primary N) is 1. The van der Waals surface area contributed by atoms with E-state index in [4.69, 9.17) is 17.3 Å². The van der Waals surface area contributed by atoms with Gasteiger partial charge in [0.05, 0.1) is 0 Å². The van der Waals surface area contributed by atoms with Crippen LogP contribution in [0.2, 0.25) is 5.02 Å². The average molecular weight is 297 g/mol. The first-order valence-corrected chi connectivity index (χ1v) is 7.44. The second-order valence-corrected chi connectivity index (χ2v) is 6.18. The predicted molar refractivity (Wildman–Crippen MR) is 76.0 cm³/mol. The van der Waals surface area contributed by atoms with E-state index in [0.29, 0.717) is 23.6 Å². The molecule has 1 aliphatic carbocycles. The topological polar surface area (TPSA) is 46.3 Å². The van der Waals surface area contributed by atoms with Gasteiger partial charge in [0.1, 0.15) is 5.82 Å². The molecule has 2 fully saturated rings. The van der Waals surface area contributed by atoms with Crippen molar-refractivity contribution in [3.63, 3.8) is 0 Å². The number of benzene rings is 1. The van der Waals surface area contributed by atoms with Crippen LogP contribution in [0.25, 0.3) is 0 Å². The molecule has 1 saturated carbocycles. The van der Waals surface area contributed by atoms with Crippen molar-refractivity contribution in [2.45, 2.75) is 31.2 Å². The molecule has 0 bridgehead atoms. The number of amides is 1. The summed E-state index contributed by atoms with van der Waals surface area (Å²) < 4.78 is 13.9. The van der Waals surface area contributed by atoms with Gasteiger partial charge in [-0.3, -0.25) is 4.79 Å². The van der Waals surface area contributed by atoms with E-state index in [2.05, 4.69) is 0 Å². The van der Waals surface area contributed by atoms with Gasteiger partial charge in [-0.1, -0.05) is 17.7 Å². The van der Waals surface area contributed by atoms with Crippen molar-refractivity contribution in [1.82, 2.24) is 4.90 Å². The number of hydrogen-bond donors (Lipinski definition) is 1. The van der Waals surface area contributed by atoms with Crippen molar-refractivity contribution >= 4 is 17.5 Å². The predicted octanol–water partition coefficient (Wildman–Crippen LogP) is 2.53. The summed E-state index contributed by atoms with van der Waals surface area (Å²) in [6.07, 6.45) is 2.60. The number of nitrogens with zero attached hydrogens (tertiary/aromatic N) is 1. The molecule has 0 unspecified atom stereocenters. The van der Waals surface area contributed by atoms with E-state index in [0.717, 1.165) is 19.4 Å². The highest BCUT2D eigenvalue weighted by Gasteiger charge is 2.48. The van der Waals surface area contributed by atoms with Crippen molar-refractivity contribution < 1.29 is 9.18 Å². The van der Waals surface area contributed by atoms with Crippen LogP contribution in [0.15, 0.2) is 18.2 Å². The van der Waals surface area contributed by atoms with E-state index >= 15 is 0 Å². The molecule has 3 rings (SSSR count). The summed E-state index contributed by atoms with van der Waals surface area (Å²) in [5.74, 6) is -0.415. The summed E-state index contributed by atoms with van der Waals surface area (Å²) in [6, 6.07) is 4.74. The molecular formula is C15H18ClFN2O. The molecule has 20 heavy (non-hydrogen) atoms. The molecule has 3 atom stereocenters. The summed E-state index contributed by atoms with van der Waals surface area (Å²) in [5.41, 5.74) is 6.40. The Bertz CT molecular complexity index is 516. The first kappa shape index (κ1) is 13.8. The van der Waals surface area contributed by atoms with E-state index < -0.39 is 0 Å². The number of rotatable bonds is 2. The Hall–Kier alpha value is -1.13. The number of carbonyl (C=O) groups is 1. The van der Waals surface area contributed by atoms with Gasteiger partial charge in [0.2, 0.25) is 5.91 Å². The van der Waals surface area contributed by atoms with E-state index in [1.807, 2.05) is 4.90 Å². The van der Waals surface area contributed by atoms with Gasteiger partial charge in [0, 0.05) is 41.6 Å². The lowest BCUT2D eigenvalue weighted by molar-refractivity contribution is -0.133. The number of likely N-dealkylation sites (tertiary alicyclic amines) is 1. The fourth-order valence-corrected chi connectivity index (χ4v) is 3.40. The van der Waals surface area contributed by atoms with Gasteiger partial charge in [-0.2, -0.15) is 0 Å². The smallest absolute Gasteiger partial charge is 0.226 e. The molecular weight excluding hydrogens is 279 g/mol. The molecule has 0 spiro atoms. The van der Waals surface area contributed by atoms with Gasteiger partial charge in [-0.25, -0.2) is 4.39 Å². The molecule has 5 heteroatoms. The molecule has 0 aromatic heterocycles. The zero-order valence-electron chi connectivity index (χ0n) is 11.2. The second kappa shape index (κ2) is 5.34. The van der Waals surface area contributed by atoms with Gasteiger partial charge >= 0.3 is 0 Å². The number of piperidine rings is 1. The molecule has 3 nitrogen and oxygen atoms in total. The minimum Gasteiger partial charge on any atom is -0.341 e. The first-order valence-electron chi connectivity index (χ1n) is 7.06. The van der Waals surface area contributed by atoms with Crippen molar-refractivity contribution in [2.75, 3.05) is 13.1 Å². The highest BCUT2D eigenvalue weighted by molar-refractivity contribution is 6.31. The molecule has 0 radical (unpaired) electrons. The van der Waals surface area contributed by atoms with Crippen molar-refractivity contribution in [2.24, 2.45) is 11.7 Å². The van der Waals surface area contributed by atoms with Crippen LogP contribution in [0.3, 0.4) is 0 Å². The third kappa shape index (κ3) is 2.54. The maximum Gasteiger partial charge on any atom is 0.226 e. The van der Waals surface area contributed by atoms with Crippen LogP contribution in [0.1, 0.15) is 30.7 Å². The zero-order valence-corrected chi connectivity index (χ0v) is 11.9. The normalized spacial score (nSPS) is 29.4. The summed E-state index contributed by atoms with van der Waals surface area (Å²) in [4.78, 5) is 14.2. The largest absolute Gasteiger partial charge is 0.341 e. The molecule has 1 aromatic rings. The van der Waals surface area contributed by atoms with Crippen molar-refractivity contribution in [1.29, 1.82) is 0 Å². The lowest BCUT2D eigenvalue weighted by Gasteiger charge is -2.31. The van der Waals surface area contributed by atoms with Gasteiger partial charge in [-0.05, 0) is 31.4 Å². The van der Waals surface area contributed by atoms with Crippen LogP contribution in [0, 0.1) is 11.7 Å². The minimum atomic E-state index is -0.312. The standard InChI is InChI=1S/C15H18ClFN2O/c16-12-4-1-5-13(17)14(12)10-7-11(10)15(20)19-6-2-3-9(18)8-19/h1,4-5,9-11H,2-3,6-8,18H2/t9-,10-,11-/m1/s1. The minimum absolute atomic E-state index is 0.0712. The van der Waals surface area contributed by atoms with Crippen molar-refractivity contribution in [3.8, 4) is 0 Å². The van der Waals surface area contributed by atoms with Gasteiger partial charge in [-0.15, -0.1) is 0 Å². The Morgan fingerprint density at radius 3 is 2.95 bits per heavy atom. The Morgan fingerprint density at radius 2 is 2.25 bits per heavy atom. The molecule has 1 heterocycles. The van der Waals surface area contributed by atoms with Crippen LogP contribution < -0.4 is 5.73 Å². The van der Waals surface area contributed by atoms with Gasteiger partial charge in [0.15, 0.2) is 0 Å². The Labute approximate surface area is 122 Å². The lowest BCUT2D eigenvalue weighted by Crippen LogP contribution is -2.46. The van der Waals surface area contributed by atoms with Gasteiger partial charge < -0.3 is 10.6 Å². The monoisotopic (exact) mass is 296 g/mol. The second-order valence-electron chi connectivity index (χ2n) is 5.77. The maximum absolute atomic E-state index is 13.9. The van der Waals surface area contributed by atoms with E-state index in [1.165, 1.54) is 6.07 Å². The average Bonchev–Trinajstić information content (AvgIpc) is 3.18. The number of hydrogen-bond acceptors (Lipinski definition) is 2. The Balaban J connectivity index is 1.71. The highest BCUT2D eigenvalue weighted by atomic mass is 35.5. The molecule has 1 aliphatic heterocycles. The quantitative estimate of drug-likeness (QED) is 0.911. The summed E-state index contributed by atoms with van der Waals surface area (Å²) in [5, 5.41) is 0.417. The molecule has 1 saturated heterocycles. The number of halogens is 2. The van der Waals surface area contributed by atoms with Crippen LogP contribution in [-0.4, -0.2) is 29.9 Å². The SMILES string of the molecule is N[C@@H]1CCCN(C(=O)[C@@H]2C[C@H]2c2c(F)cccc2Cl)C1. The van der Waals surface area contributed by atoms with Crippen LogP contribution >= 0.6 is 11.6 Å². The molecule has 1 aromatic carbocycles. The molecule has 2 aliphatic rings. The van der Waals surface area contributed by atoms with E-state index in [1.54, 1.807) is 12.1 Å². The third-order valence-electron chi connectivity index (χ3n) is 4.25. The third-order valence-corrected chi connectivity index (χ3v) is 4.58. The van der Waals surface area contributed by atoms with Crippen LogP contribution in [-0.2, 0) is 4.79 Å². The van der Waals surface area contributed by atoms with E-state index in [9.17, 15) is 9.18 Å². The summed E-state index contributed by atoms with van der Waals surface area (Å²) in [7, 11) is 0. The van der Waals surface area contributed by atoms with Crippen LogP contribution in [0.4, 0.5) is 4.39 Å². The van der Waals surface area contributed by atoms with Crippen LogP contribution in [0.5, 0.6) is 0 Å². The lowest BCUT2D eigenvalue weighted by atomic mass is 10.0. The number of carbonyl (C=O) groups excluding carboxylic acids is 1. The van der Waals surface area contributed by atoms with E-state index in [-0.39, 0.29) is 29.6 Å². The summed E-state index contributed by atoms with van der Waals surface area (Å²) in [6.45, 7) is 1.38. The fraction of sp³-hybridized carbons (Fsp3) is 0.533. The Morgan fingerprint density at radius 1 is 1.45 bits per heavy atom. The molecule has 2 N–H and O–H groups in total. The molecule has 108 valence electrons. The fourth-order valence-electron chi connectivity index (χ4n) is 3.10. The molecule has 1 amide bonds. The Kier molecular flexibility index (Phi) is 3.69. The van der Waals surface area contributed by atoms with Crippen molar-refractivity contribution in [3.05, 3.63) is 34.6 Å².